The minimum Gasteiger partial charge on any atom is -0.294 e. The molecule has 0 saturated heterocycles. The number of ketones is 1. The predicted octanol–water partition coefficient (Wildman–Crippen LogP) is 3.13. The van der Waals surface area contributed by atoms with Crippen LogP contribution in [0.3, 0.4) is 0 Å². The highest BCUT2D eigenvalue weighted by atomic mass is 32.1. The van der Waals surface area contributed by atoms with Crippen LogP contribution < -0.4 is 0 Å². The molecule has 1 aromatic heterocycles. The van der Waals surface area contributed by atoms with Crippen LogP contribution >= 0.6 is 11.5 Å². The lowest BCUT2D eigenvalue weighted by Gasteiger charge is -1.98. The number of Topliss-reactive ketones (excluding diaryl/α,β-unsaturated/α-hetero) is 1. The van der Waals surface area contributed by atoms with Gasteiger partial charge in [-0.1, -0.05) is 13.3 Å². The average molecular weight is 197 g/mol. The van der Waals surface area contributed by atoms with Gasteiger partial charge >= 0.3 is 0 Å². The van der Waals surface area contributed by atoms with Crippen molar-refractivity contribution in [3.63, 3.8) is 0 Å². The Balaban J connectivity index is 2.76. The van der Waals surface area contributed by atoms with E-state index in [0.29, 0.717) is 6.42 Å². The average Bonchev–Trinajstić information content (AvgIpc) is 2.42. The molecule has 0 unspecified atom stereocenters. The Morgan fingerprint density at radius 3 is 2.62 bits per heavy atom. The fourth-order valence-corrected chi connectivity index (χ4v) is 2.06. The monoisotopic (exact) mass is 197 g/mol. The molecule has 0 fully saturated rings. The number of hydrogen-bond donors (Lipinski definition) is 0. The molecule has 1 heterocycles. The molecule has 13 heavy (non-hydrogen) atoms. The summed E-state index contributed by atoms with van der Waals surface area (Å²) in [6, 6.07) is 0. The normalized spacial score (nSPS) is 10.4. The van der Waals surface area contributed by atoms with Crippen molar-refractivity contribution in [3.05, 3.63) is 16.1 Å². The molecule has 0 saturated carbocycles. The van der Waals surface area contributed by atoms with Crippen molar-refractivity contribution in [1.82, 2.24) is 4.37 Å². The van der Waals surface area contributed by atoms with Crippen LogP contribution in [0.5, 0.6) is 0 Å². The molecular formula is C10H15NOS. The van der Waals surface area contributed by atoms with Crippen LogP contribution in [-0.4, -0.2) is 10.2 Å². The third-order valence-corrected chi connectivity index (χ3v) is 2.91. The Kier molecular flexibility index (Phi) is 3.60. The van der Waals surface area contributed by atoms with Gasteiger partial charge < -0.3 is 0 Å². The highest BCUT2D eigenvalue weighted by Gasteiger charge is 2.14. The van der Waals surface area contributed by atoms with E-state index >= 15 is 0 Å². The van der Waals surface area contributed by atoms with Crippen LogP contribution in [0.1, 0.15) is 47.1 Å². The molecule has 2 nitrogen and oxygen atoms in total. The quantitative estimate of drug-likeness (QED) is 0.694. The van der Waals surface area contributed by atoms with Crippen LogP contribution in [0.4, 0.5) is 0 Å². The number of aryl methyl sites for hydroxylation is 2. The first-order valence-corrected chi connectivity index (χ1v) is 5.40. The molecule has 0 aromatic carbocycles. The zero-order chi connectivity index (χ0) is 9.84. The second-order valence-corrected chi connectivity index (χ2v) is 4.20. The topological polar surface area (TPSA) is 30.0 Å². The van der Waals surface area contributed by atoms with E-state index in [4.69, 9.17) is 0 Å². The molecule has 0 N–H and O–H groups in total. The lowest BCUT2D eigenvalue weighted by atomic mass is 10.1. The van der Waals surface area contributed by atoms with Gasteiger partial charge in [0.25, 0.3) is 0 Å². The summed E-state index contributed by atoms with van der Waals surface area (Å²) in [7, 11) is 0. The number of aromatic nitrogens is 1. The maximum Gasteiger partial charge on any atom is 0.165 e. The van der Waals surface area contributed by atoms with E-state index in [1.54, 1.807) is 0 Å². The van der Waals surface area contributed by atoms with Crippen molar-refractivity contribution in [1.29, 1.82) is 0 Å². The highest BCUT2D eigenvalue weighted by molar-refractivity contribution is 7.06. The van der Waals surface area contributed by atoms with Gasteiger partial charge in [-0.3, -0.25) is 4.79 Å². The molecule has 1 rings (SSSR count). The van der Waals surface area contributed by atoms with Crippen molar-refractivity contribution < 1.29 is 4.79 Å². The van der Waals surface area contributed by atoms with Crippen LogP contribution in [0.15, 0.2) is 0 Å². The number of rotatable bonds is 4. The van der Waals surface area contributed by atoms with Crippen LogP contribution in [0.2, 0.25) is 0 Å². The van der Waals surface area contributed by atoms with Crippen LogP contribution in [0, 0.1) is 13.8 Å². The molecule has 1 aromatic rings. The first kappa shape index (κ1) is 10.4. The van der Waals surface area contributed by atoms with E-state index in [-0.39, 0.29) is 5.78 Å². The van der Waals surface area contributed by atoms with Crippen molar-refractivity contribution in [3.8, 4) is 0 Å². The summed E-state index contributed by atoms with van der Waals surface area (Å²) in [6.07, 6.45) is 2.71. The molecule has 0 aliphatic heterocycles. The summed E-state index contributed by atoms with van der Waals surface area (Å²) < 4.78 is 4.17. The number of carbonyl (C=O) groups is 1. The third kappa shape index (κ3) is 2.37. The maximum absolute atomic E-state index is 11.7. The van der Waals surface area contributed by atoms with Gasteiger partial charge in [-0.15, -0.1) is 0 Å². The Labute approximate surface area is 83.1 Å². The molecule has 72 valence electrons. The Morgan fingerprint density at radius 1 is 1.46 bits per heavy atom. The molecule has 3 heteroatoms. The van der Waals surface area contributed by atoms with Crippen molar-refractivity contribution in [2.75, 3.05) is 0 Å². The summed E-state index contributed by atoms with van der Waals surface area (Å²) in [5.74, 6) is 0.255. The summed E-state index contributed by atoms with van der Waals surface area (Å²) in [5.41, 5.74) is 1.75. The third-order valence-electron chi connectivity index (χ3n) is 2.07. The Bertz CT molecular complexity index is 284. The first-order chi connectivity index (χ1) is 6.16. The van der Waals surface area contributed by atoms with Crippen molar-refractivity contribution in [2.45, 2.75) is 40.0 Å². The second kappa shape index (κ2) is 4.51. The Hall–Kier alpha value is -0.700. The van der Waals surface area contributed by atoms with Gasteiger partial charge in [0, 0.05) is 11.3 Å². The van der Waals surface area contributed by atoms with Gasteiger partial charge in [-0.05, 0) is 31.8 Å². The number of carbonyl (C=O) groups excluding carboxylic acids is 1. The molecule has 0 amide bonds. The van der Waals surface area contributed by atoms with E-state index in [1.807, 2.05) is 13.8 Å². The highest BCUT2D eigenvalue weighted by Crippen LogP contribution is 2.19. The molecule has 0 aliphatic rings. The Morgan fingerprint density at radius 2 is 2.15 bits per heavy atom. The van der Waals surface area contributed by atoms with Crippen LogP contribution in [0.25, 0.3) is 0 Å². The smallest absolute Gasteiger partial charge is 0.165 e. The fraction of sp³-hybridized carbons (Fsp3) is 0.600. The summed E-state index contributed by atoms with van der Waals surface area (Å²) >= 11 is 1.42. The zero-order valence-electron chi connectivity index (χ0n) is 8.39. The maximum atomic E-state index is 11.7. The van der Waals surface area contributed by atoms with Gasteiger partial charge in [0.15, 0.2) is 5.78 Å². The molecule has 0 spiro atoms. The van der Waals surface area contributed by atoms with Crippen molar-refractivity contribution in [2.24, 2.45) is 0 Å². The molecule has 0 radical (unpaired) electrons. The predicted molar refractivity (Wildman–Crippen MR) is 55.4 cm³/mol. The summed E-state index contributed by atoms with van der Waals surface area (Å²) in [6.45, 7) is 5.96. The molecule has 0 aliphatic carbocycles. The first-order valence-electron chi connectivity index (χ1n) is 4.63. The fourth-order valence-electron chi connectivity index (χ4n) is 1.34. The minimum atomic E-state index is 0.255. The van der Waals surface area contributed by atoms with Gasteiger partial charge in [-0.2, -0.15) is 4.37 Å². The zero-order valence-corrected chi connectivity index (χ0v) is 9.20. The standard InChI is InChI=1S/C10H15NOS/c1-4-5-6-9(12)10-7(2)11-13-8(10)3/h4-6H2,1-3H3. The van der Waals surface area contributed by atoms with E-state index < -0.39 is 0 Å². The van der Waals surface area contributed by atoms with Gasteiger partial charge in [0.1, 0.15) is 0 Å². The number of hydrogen-bond acceptors (Lipinski definition) is 3. The van der Waals surface area contributed by atoms with E-state index in [2.05, 4.69) is 11.3 Å². The van der Waals surface area contributed by atoms with E-state index in [9.17, 15) is 4.79 Å². The summed E-state index contributed by atoms with van der Waals surface area (Å²) in [5, 5.41) is 0. The van der Waals surface area contributed by atoms with Gasteiger partial charge in [0.05, 0.1) is 11.3 Å². The lowest BCUT2D eigenvalue weighted by molar-refractivity contribution is 0.0979. The van der Waals surface area contributed by atoms with E-state index in [0.717, 1.165) is 29.0 Å². The molecule has 0 bridgehead atoms. The van der Waals surface area contributed by atoms with Gasteiger partial charge in [0.2, 0.25) is 0 Å². The second-order valence-electron chi connectivity index (χ2n) is 3.23. The van der Waals surface area contributed by atoms with Gasteiger partial charge in [-0.25, -0.2) is 0 Å². The summed E-state index contributed by atoms with van der Waals surface area (Å²) in [4.78, 5) is 12.7. The van der Waals surface area contributed by atoms with Crippen LogP contribution in [-0.2, 0) is 0 Å². The number of unbranched alkanes of at least 4 members (excludes halogenated alkanes) is 1. The lowest BCUT2D eigenvalue weighted by Crippen LogP contribution is -2.01. The molecule has 0 atom stereocenters. The SMILES string of the molecule is CCCCC(=O)c1c(C)nsc1C. The number of nitrogens with zero attached hydrogens (tertiary/aromatic N) is 1. The molecular weight excluding hydrogens is 182 g/mol. The van der Waals surface area contributed by atoms with Crippen molar-refractivity contribution >= 4 is 17.3 Å². The minimum absolute atomic E-state index is 0.255. The van der Waals surface area contributed by atoms with E-state index in [1.165, 1.54) is 11.5 Å². The largest absolute Gasteiger partial charge is 0.294 e.